The number of carbonyl (C=O) groups is 2. The molecule has 146 valence electrons. The van der Waals surface area contributed by atoms with Gasteiger partial charge in [0.1, 0.15) is 0 Å². The van der Waals surface area contributed by atoms with Crippen LogP contribution < -0.4 is 9.64 Å². The molecule has 1 aromatic rings. The number of rotatable bonds is 3. The van der Waals surface area contributed by atoms with E-state index in [2.05, 4.69) is 4.90 Å². The lowest BCUT2D eigenvalue weighted by Gasteiger charge is -2.51. The number of amides is 2. The number of ether oxygens (including phenoxy) is 1. The van der Waals surface area contributed by atoms with E-state index in [0.717, 1.165) is 25.9 Å². The topological polar surface area (TPSA) is 76.2 Å². The van der Waals surface area contributed by atoms with Crippen LogP contribution in [-0.2, 0) is 4.79 Å². The quantitative estimate of drug-likeness (QED) is 0.739. The highest BCUT2D eigenvalue weighted by Crippen LogP contribution is 2.41. The molecule has 4 heterocycles. The minimum Gasteiger partial charge on any atom is -0.756 e. The van der Waals surface area contributed by atoms with Crippen molar-refractivity contribution in [3.8, 4) is 5.75 Å². The molecule has 27 heavy (non-hydrogen) atoms. The Morgan fingerprint density at radius 1 is 1.37 bits per heavy atom. The summed E-state index contributed by atoms with van der Waals surface area (Å²) >= 11 is 6.19. The maximum Gasteiger partial charge on any atom is 0.267 e. The Labute approximate surface area is 163 Å². The minimum absolute atomic E-state index is 0.127. The average Bonchev–Trinajstić information content (AvgIpc) is 2.70. The van der Waals surface area contributed by atoms with Gasteiger partial charge in [0, 0.05) is 24.7 Å². The summed E-state index contributed by atoms with van der Waals surface area (Å²) in [5, 5.41) is 13.8. The van der Waals surface area contributed by atoms with Crippen molar-refractivity contribution < 1.29 is 14.3 Å². The summed E-state index contributed by atoms with van der Waals surface area (Å²) in [5.41, 5.74) is 0.546. The summed E-state index contributed by atoms with van der Waals surface area (Å²) in [5.74, 6) is -0.340. The minimum atomic E-state index is -0.674. The third-order valence-corrected chi connectivity index (χ3v) is 6.20. The normalized spacial score (nSPS) is 29.3. The molecule has 1 aromatic carbocycles. The molecule has 4 aliphatic rings. The van der Waals surface area contributed by atoms with Crippen molar-refractivity contribution in [2.75, 3.05) is 31.6 Å². The van der Waals surface area contributed by atoms with E-state index in [0.29, 0.717) is 23.7 Å². The molecule has 0 spiro atoms. The summed E-state index contributed by atoms with van der Waals surface area (Å²) in [4.78, 5) is 29.1. The van der Waals surface area contributed by atoms with Crippen LogP contribution in [-0.4, -0.2) is 60.6 Å². The van der Waals surface area contributed by atoms with Crippen molar-refractivity contribution in [3.63, 3.8) is 0 Å². The largest absolute Gasteiger partial charge is 0.756 e. The van der Waals surface area contributed by atoms with E-state index in [1.165, 1.54) is 11.0 Å². The third kappa shape index (κ3) is 3.07. The first-order valence-electron chi connectivity index (χ1n) is 9.41. The van der Waals surface area contributed by atoms with Crippen LogP contribution >= 0.6 is 11.6 Å². The van der Waals surface area contributed by atoms with E-state index in [4.69, 9.17) is 16.3 Å². The maximum absolute atomic E-state index is 13.1. The molecule has 0 aliphatic carbocycles. The molecule has 0 radical (unpaired) electrons. The number of carbonyl (C=O) groups excluding carboxylic acids is 2. The lowest BCUT2D eigenvalue weighted by molar-refractivity contribution is -0.126. The van der Waals surface area contributed by atoms with E-state index < -0.39 is 12.0 Å². The monoisotopic (exact) mass is 392 g/mol. The second kappa shape index (κ2) is 6.96. The zero-order chi connectivity index (χ0) is 19.3. The number of anilines is 1. The number of fused-ring (bicyclic) bond motifs is 4. The predicted molar refractivity (Wildman–Crippen MR) is 102 cm³/mol. The Kier molecular flexibility index (Phi) is 4.78. The fourth-order valence-corrected chi connectivity index (χ4v) is 4.58. The molecule has 4 aliphatic heterocycles. The Hall–Kier alpha value is -1.83. The molecule has 3 fully saturated rings. The van der Waals surface area contributed by atoms with Crippen LogP contribution in [0.3, 0.4) is 0 Å². The highest BCUT2D eigenvalue weighted by atomic mass is 35.5. The molecule has 0 N–H and O–H groups in total. The van der Waals surface area contributed by atoms with Crippen LogP contribution in [0, 0.1) is 11.1 Å². The van der Waals surface area contributed by atoms with Crippen LogP contribution in [0.1, 0.15) is 36.5 Å². The Balaban J connectivity index is 1.68. The van der Waals surface area contributed by atoms with Gasteiger partial charge in [-0.25, -0.2) is 0 Å². The van der Waals surface area contributed by atoms with Crippen molar-refractivity contribution in [2.45, 2.75) is 38.3 Å². The molecule has 0 saturated carbocycles. The fraction of sp³-hybridized carbons (Fsp3) is 0.579. The van der Waals surface area contributed by atoms with E-state index >= 15 is 0 Å². The molecule has 2 amide bonds. The van der Waals surface area contributed by atoms with Crippen molar-refractivity contribution in [2.24, 2.45) is 5.92 Å². The summed E-state index contributed by atoms with van der Waals surface area (Å²) < 4.78 is 5.82. The first kappa shape index (κ1) is 18.5. The lowest BCUT2D eigenvalue weighted by atomic mass is 9.83. The number of likely N-dealkylation sites (N-methyl/N-ethyl adjacent to an activating group) is 1. The van der Waals surface area contributed by atoms with Gasteiger partial charge in [-0.3, -0.25) is 9.59 Å². The van der Waals surface area contributed by atoms with Gasteiger partial charge in [0.05, 0.1) is 11.3 Å². The molecular weight excluding hydrogens is 370 g/mol. The highest BCUT2D eigenvalue weighted by molar-refractivity contribution is 6.31. The summed E-state index contributed by atoms with van der Waals surface area (Å²) in [6.07, 6.45) is 1.68. The molecule has 5 rings (SSSR count). The maximum atomic E-state index is 13.1. The summed E-state index contributed by atoms with van der Waals surface area (Å²) in [7, 11) is 1.62. The molecule has 8 heteroatoms. The first-order valence-corrected chi connectivity index (χ1v) is 9.79. The number of hydrogen-bond donors (Lipinski definition) is 0. The highest BCUT2D eigenvalue weighted by Gasteiger charge is 2.39. The van der Waals surface area contributed by atoms with Gasteiger partial charge in [-0.1, -0.05) is 18.5 Å². The van der Waals surface area contributed by atoms with Crippen LogP contribution in [0.2, 0.25) is 5.02 Å². The lowest BCUT2D eigenvalue weighted by Crippen LogP contribution is -2.57. The number of halogens is 1. The van der Waals surface area contributed by atoms with Gasteiger partial charge in [-0.15, -0.1) is 0 Å². The van der Waals surface area contributed by atoms with E-state index in [9.17, 15) is 14.8 Å². The second-order valence-corrected chi connectivity index (χ2v) is 7.99. The predicted octanol–water partition coefficient (Wildman–Crippen LogP) is 2.51. The Morgan fingerprint density at radius 2 is 2.07 bits per heavy atom. The molecule has 3 saturated heterocycles. The number of nitrogens with zero attached hydrogens (tertiary/aromatic N) is 3. The Bertz CT molecular complexity index is 778. The fourth-order valence-electron chi connectivity index (χ4n) is 4.37. The van der Waals surface area contributed by atoms with Gasteiger partial charge in [-0.2, -0.15) is 0 Å². The van der Waals surface area contributed by atoms with Gasteiger partial charge in [-0.05, 0) is 50.4 Å². The number of hydrogen-bond acceptors (Lipinski definition) is 5. The molecule has 2 bridgehead atoms. The molecule has 2 unspecified atom stereocenters. The molecule has 0 aromatic heterocycles. The summed E-state index contributed by atoms with van der Waals surface area (Å²) in [6, 6.07) is 2.70. The van der Waals surface area contributed by atoms with Crippen LogP contribution in [0.4, 0.5) is 5.69 Å². The second-order valence-electron chi connectivity index (χ2n) is 7.55. The molecule has 2 atom stereocenters. The van der Waals surface area contributed by atoms with Crippen molar-refractivity contribution >= 4 is 29.1 Å². The first-order chi connectivity index (χ1) is 12.9. The molecular formula is C19H23ClN3O4-. The zero-order valence-electron chi connectivity index (χ0n) is 15.5. The van der Waals surface area contributed by atoms with Crippen LogP contribution in [0.25, 0.3) is 0 Å². The van der Waals surface area contributed by atoms with E-state index in [1.807, 2.05) is 6.92 Å². The van der Waals surface area contributed by atoms with Crippen molar-refractivity contribution in [1.82, 2.24) is 9.96 Å². The van der Waals surface area contributed by atoms with E-state index in [-0.39, 0.29) is 34.2 Å². The number of benzene rings is 1. The number of hydroxylamine groups is 2. The van der Waals surface area contributed by atoms with Gasteiger partial charge in [0.25, 0.3) is 5.91 Å². The van der Waals surface area contributed by atoms with Gasteiger partial charge < -0.3 is 24.8 Å². The molecule has 7 nitrogen and oxygen atoms in total. The Morgan fingerprint density at radius 3 is 2.67 bits per heavy atom. The van der Waals surface area contributed by atoms with Crippen molar-refractivity contribution in [3.05, 3.63) is 27.9 Å². The SMILES string of the molecule is CCC1Oc2c(C(=O)N([O-])C3CN4CCC3CC4)cc(Cl)cc2N(C)C1=O. The van der Waals surface area contributed by atoms with E-state index in [1.54, 1.807) is 13.1 Å². The standard InChI is InChI=1S/C19H23ClN3O4/c1-3-16-19(25)21(2)14-9-12(20)8-13(17(14)27-16)18(24)23(26)15-10-22-6-4-11(15)5-7-22/h8-9,11,15-16H,3-7,10H2,1-2H3/q-1. The summed E-state index contributed by atoms with van der Waals surface area (Å²) in [6.45, 7) is 4.43. The van der Waals surface area contributed by atoms with Gasteiger partial charge >= 0.3 is 0 Å². The van der Waals surface area contributed by atoms with Crippen molar-refractivity contribution in [1.29, 1.82) is 0 Å². The van der Waals surface area contributed by atoms with Crippen LogP contribution in [0.15, 0.2) is 12.1 Å². The van der Waals surface area contributed by atoms with Gasteiger partial charge in [0.2, 0.25) is 5.91 Å². The number of piperidine rings is 3. The van der Waals surface area contributed by atoms with Gasteiger partial charge in [0.15, 0.2) is 11.9 Å². The zero-order valence-corrected chi connectivity index (χ0v) is 16.2. The average molecular weight is 393 g/mol. The van der Waals surface area contributed by atoms with Crippen LogP contribution in [0.5, 0.6) is 5.75 Å². The third-order valence-electron chi connectivity index (χ3n) is 5.99. The smallest absolute Gasteiger partial charge is 0.267 e.